The lowest BCUT2D eigenvalue weighted by molar-refractivity contribution is 0.0306. The molecule has 19 heavy (non-hydrogen) atoms. The quantitative estimate of drug-likeness (QED) is 0.672. The molecule has 1 N–H and O–H groups in total. The molecule has 0 fully saturated rings. The van der Waals surface area contributed by atoms with Crippen LogP contribution < -0.4 is 5.32 Å². The van der Waals surface area contributed by atoms with Gasteiger partial charge in [-0.25, -0.2) is 4.98 Å². The molecule has 0 aliphatic rings. The average molecular weight is 286 g/mol. The van der Waals surface area contributed by atoms with Gasteiger partial charge in [-0.2, -0.15) is 0 Å². The van der Waals surface area contributed by atoms with Gasteiger partial charge < -0.3 is 14.8 Å². The summed E-state index contributed by atoms with van der Waals surface area (Å²) in [5.74, 6) is 0.578. The molecule has 0 saturated carbocycles. The minimum atomic E-state index is 0.488. The topological polar surface area (TPSA) is 43.4 Å². The Hall–Kier alpha value is -0.490. The third-order valence-corrected chi connectivity index (χ3v) is 3.23. The van der Waals surface area contributed by atoms with Crippen molar-refractivity contribution in [1.29, 1.82) is 0 Å². The second-order valence-electron chi connectivity index (χ2n) is 5.29. The van der Waals surface area contributed by atoms with Crippen molar-refractivity contribution in [3.63, 3.8) is 0 Å². The van der Waals surface area contributed by atoms with Gasteiger partial charge in [-0.3, -0.25) is 0 Å². The highest BCUT2D eigenvalue weighted by Gasteiger charge is 2.03. The van der Waals surface area contributed by atoms with E-state index >= 15 is 0 Å². The zero-order chi connectivity index (χ0) is 14.1. The zero-order valence-electron chi connectivity index (χ0n) is 12.4. The van der Waals surface area contributed by atoms with E-state index in [9.17, 15) is 0 Å². The number of thiazole rings is 1. The number of aromatic nitrogens is 1. The Morgan fingerprint density at radius 3 is 2.63 bits per heavy atom. The highest BCUT2D eigenvalue weighted by molar-refractivity contribution is 7.09. The summed E-state index contributed by atoms with van der Waals surface area (Å²) in [6, 6.07) is 0.488. The first-order valence-corrected chi connectivity index (χ1v) is 7.78. The SMILES string of the molecule is CC(C)COCCOCc1csc(CNC(C)C)n1. The van der Waals surface area contributed by atoms with Crippen LogP contribution in [-0.4, -0.2) is 30.8 Å². The number of hydrogen-bond acceptors (Lipinski definition) is 5. The molecular formula is C14H26N2O2S. The molecule has 0 aromatic carbocycles. The summed E-state index contributed by atoms with van der Waals surface area (Å²) < 4.78 is 11.0. The van der Waals surface area contributed by atoms with Crippen LogP contribution in [0.4, 0.5) is 0 Å². The normalized spacial score (nSPS) is 11.7. The van der Waals surface area contributed by atoms with Crippen molar-refractivity contribution in [1.82, 2.24) is 10.3 Å². The van der Waals surface area contributed by atoms with Crippen LogP contribution in [0.3, 0.4) is 0 Å². The van der Waals surface area contributed by atoms with Crippen molar-refractivity contribution < 1.29 is 9.47 Å². The standard InChI is InChI=1S/C14H26N2O2S/c1-11(2)8-17-5-6-18-9-13-10-19-14(16-13)7-15-12(3)4/h10-12,15H,5-9H2,1-4H3. The fourth-order valence-electron chi connectivity index (χ4n) is 1.40. The van der Waals surface area contributed by atoms with E-state index in [1.54, 1.807) is 11.3 Å². The van der Waals surface area contributed by atoms with Crippen LogP contribution in [0.1, 0.15) is 38.4 Å². The minimum Gasteiger partial charge on any atom is -0.379 e. The van der Waals surface area contributed by atoms with Gasteiger partial charge in [-0.15, -0.1) is 11.3 Å². The second kappa shape index (κ2) is 9.42. The second-order valence-corrected chi connectivity index (χ2v) is 6.23. The summed E-state index contributed by atoms with van der Waals surface area (Å²) in [6.07, 6.45) is 0. The van der Waals surface area contributed by atoms with Gasteiger partial charge in [0.05, 0.1) is 25.5 Å². The van der Waals surface area contributed by atoms with Gasteiger partial charge in [-0.05, 0) is 5.92 Å². The van der Waals surface area contributed by atoms with Crippen LogP contribution in [0, 0.1) is 5.92 Å². The lowest BCUT2D eigenvalue weighted by atomic mass is 10.2. The predicted octanol–water partition coefficient (Wildman–Crippen LogP) is 2.83. The molecule has 0 bridgehead atoms. The van der Waals surface area contributed by atoms with Crippen molar-refractivity contribution in [2.45, 2.75) is 46.9 Å². The molecule has 1 rings (SSSR count). The molecule has 0 aliphatic heterocycles. The zero-order valence-corrected chi connectivity index (χ0v) is 13.3. The molecule has 4 nitrogen and oxygen atoms in total. The van der Waals surface area contributed by atoms with E-state index in [1.807, 2.05) is 0 Å². The first-order valence-electron chi connectivity index (χ1n) is 6.90. The van der Waals surface area contributed by atoms with Gasteiger partial charge in [-0.1, -0.05) is 27.7 Å². The summed E-state index contributed by atoms with van der Waals surface area (Å²) in [5, 5.41) is 6.53. The van der Waals surface area contributed by atoms with E-state index in [0.717, 1.165) is 23.9 Å². The first kappa shape index (κ1) is 16.6. The molecule has 1 aromatic rings. The summed E-state index contributed by atoms with van der Waals surface area (Å²) in [6.45, 7) is 12.0. The van der Waals surface area contributed by atoms with Crippen molar-refractivity contribution in [2.24, 2.45) is 5.92 Å². The molecule has 0 atom stereocenters. The number of nitrogens with zero attached hydrogens (tertiary/aromatic N) is 1. The Bertz CT molecular complexity index is 340. The third-order valence-electron chi connectivity index (χ3n) is 2.33. The Morgan fingerprint density at radius 1 is 1.21 bits per heavy atom. The predicted molar refractivity (Wildman–Crippen MR) is 79.4 cm³/mol. The summed E-state index contributed by atoms with van der Waals surface area (Å²) in [5.41, 5.74) is 1.01. The summed E-state index contributed by atoms with van der Waals surface area (Å²) in [4.78, 5) is 4.52. The minimum absolute atomic E-state index is 0.488. The fraction of sp³-hybridized carbons (Fsp3) is 0.786. The third kappa shape index (κ3) is 8.31. The van der Waals surface area contributed by atoms with E-state index in [2.05, 4.69) is 43.4 Å². The van der Waals surface area contributed by atoms with Crippen molar-refractivity contribution in [3.05, 3.63) is 16.1 Å². The van der Waals surface area contributed by atoms with E-state index in [0.29, 0.717) is 31.8 Å². The van der Waals surface area contributed by atoms with Crippen LogP contribution in [0.2, 0.25) is 0 Å². The average Bonchev–Trinajstić information content (AvgIpc) is 2.78. The number of ether oxygens (including phenoxy) is 2. The molecule has 1 aromatic heterocycles. The van der Waals surface area contributed by atoms with Crippen LogP contribution in [0.15, 0.2) is 5.38 Å². The van der Waals surface area contributed by atoms with Crippen LogP contribution in [-0.2, 0) is 22.6 Å². The Balaban J connectivity index is 2.09. The van der Waals surface area contributed by atoms with Gasteiger partial charge in [0, 0.05) is 24.6 Å². The van der Waals surface area contributed by atoms with E-state index in [-0.39, 0.29) is 0 Å². The largest absolute Gasteiger partial charge is 0.379 e. The highest BCUT2D eigenvalue weighted by Crippen LogP contribution is 2.10. The molecule has 0 aliphatic carbocycles. The maximum atomic E-state index is 5.54. The van der Waals surface area contributed by atoms with E-state index in [1.165, 1.54) is 0 Å². The Kier molecular flexibility index (Phi) is 8.21. The summed E-state index contributed by atoms with van der Waals surface area (Å²) in [7, 11) is 0. The molecule has 0 radical (unpaired) electrons. The smallest absolute Gasteiger partial charge is 0.107 e. The molecular weight excluding hydrogens is 260 g/mol. The van der Waals surface area contributed by atoms with Gasteiger partial charge in [0.25, 0.3) is 0 Å². The van der Waals surface area contributed by atoms with E-state index in [4.69, 9.17) is 9.47 Å². The van der Waals surface area contributed by atoms with Crippen LogP contribution >= 0.6 is 11.3 Å². The van der Waals surface area contributed by atoms with E-state index < -0.39 is 0 Å². The molecule has 1 heterocycles. The molecule has 0 spiro atoms. The van der Waals surface area contributed by atoms with Gasteiger partial charge in [0.1, 0.15) is 5.01 Å². The maximum Gasteiger partial charge on any atom is 0.107 e. The van der Waals surface area contributed by atoms with Crippen molar-refractivity contribution >= 4 is 11.3 Å². The maximum absolute atomic E-state index is 5.54. The summed E-state index contributed by atoms with van der Waals surface area (Å²) >= 11 is 1.68. The Labute approximate surface area is 120 Å². The lowest BCUT2D eigenvalue weighted by Crippen LogP contribution is -2.21. The lowest BCUT2D eigenvalue weighted by Gasteiger charge is -2.06. The molecule has 0 amide bonds. The van der Waals surface area contributed by atoms with Crippen LogP contribution in [0.5, 0.6) is 0 Å². The molecule has 0 unspecified atom stereocenters. The number of rotatable bonds is 10. The number of hydrogen-bond donors (Lipinski definition) is 1. The monoisotopic (exact) mass is 286 g/mol. The highest BCUT2D eigenvalue weighted by atomic mass is 32.1. The van der Waals surface area contributed by atoms with Crippen molar-refractivity contribution in [3.8, 4) is 0 Å². The van der Waals surface area contributed by atoms with Gasteiger partial charge in [0.15, 0.2) is 0 Å². The molecule has 0 saturated heterocycles. The van der Waals surface area contributed by atoms with Crippen LogP contribution in [0.25, 0.3) is 0 Å². The molecule has 110 valence electrons. The fourth-order valence-corrected chi connectivity index (χ4v) is 2.13. The Morgan fingerprint density at radius 2 is 1.95 bits per heavy atom. The number of nitrogens with one attached hydrogen (secondary N) is 1. The molecule has 5 heteroatoms. The van der Waals surface area contributed by atoms with Gasteiger partial charge in [0.2, 0.25) is 0 Å². The van der Waals surface area contributed by atoms with Crippen molar-refractivity contribution in [2.75, 3.05) is 19.8 Å². The van der Waals surface area contributed by atoms with Gasteiger partial charge >= 0.3 is 0 Å². The first-order chi connectivity index (χ1) is 9.08.